The second kappa shape index (κ2) is 5.36. The summed E-state index contributed by atoms with van der Waals surface area (Å²) in [7, 11) is 1.59. The van der Waals surface area contributed by atoms with Gasteiger partial charge < -0.3 is 15.5 Å². The highest BCUT2D eigenvalue weighted by molar-refractivity contribution is 5.92. The Morgan fingerprint density at radius 3 is 2.47 bits per heavy atom. The number of carbonyl (C=O) groups excluding carboxylic acids is 2. The van der Waals surface area contributed by atoms with Gasteiger partial charge in [0.2, 0.25) is 11.8 Å². The van der Waals surface area contributed by atoms with Crippen LogP contribution in [-0.2, 0) is 9.59 Å². The predicted octanol–water partition coefficient (Wildman–Crippen LogP) is 0.126. The van der Waals surface area contributed by atoms with E-state index in [1.807, 2.05) is 0 Å². The lowest BCUT2D eigenvalue weighted by Crippen LogP contribution is -2.53. The van der Waals surface area contributed by atoms with E-state index in [1.165, 1.54) is 21.9 Å². The molecule has 2 rings (SSSR count). The van der Waals surface area contributed by atoms with Gasteiger partial charge in [0, 0.05) is 19.6 Å². The van der Waals surface area contributed by atoms with Gasteiger partial charge in [0.05, 0.1) is 13.1 Å². The summed E-state index contributed by atoms with van der Waals surface area (Å²) in [5.74, 6) is -0.563. The molecule has 1 aliphatic rings. The van der Waals surface area contributed by atoms with E-state index < -0.39 is 6.04 Å². The van der Waals surface area contributed by atoms with Crippen LogP contribution in [0.25, 0.3) is 0 Å². The summed E-state index contributed by atoms with van der Waals surface area (Å²) in [6.45, 7) is 0.378. The SMILES string of the molecule is CN1CC(=O)N(CC(N)c2ccc(F)cc2)CC1=O. The van der Waals surface area contributed by atoms with Crippen LogP contribution in [0, 0.1) is 5.82 Å². The lowest BCUT2D eigenvalue weighted by atomic mass is 10.1. The summed E-state index contributed by atoms with van der Waals surface area (Å²) in [5.41, 5.74) is 6.71. The minimum Gasteiger partial charge on any atom is -0.335 e. The standard InChI is InChI=1S/C13H16FN3O2/c1-16-7-13(19)17(8-12(16)18)6-11(15)9-2-4-10(14)5-3-9/h2-5,11H,6-8,15H2,1H3. The summed E-state index contributed by atoms with van der Waals surface area (Å²) in [6, 6.07) is 5.39. The first-order valence-corrected chi connectivity index (χ1v) is 6.00. The Kier molecular flexibility index (Phi) is 3.80. The van der Waals surface area contributed by atoms with Crippen LogP contribution in [-0.4, -0.2) is 48.3 Å². The summed E-state index contributed by atoms with van der Waals surface area (Å²) in [6.07, 6.45) is 0. The van der Waals surface area contributed by atoms with Gasteiger partial charge in [0.25, 0.3) is 0 Å². The molecule has 0 radical (unpaired) electrons. The first-order chi connectivity index (χ1) is 8.97. The molecule has 102 valence electrons. The van der Waals surface area contributed by atoms with Gasteiger partial charge in [-0.1, -0.05) is 12.1 Å². The topological polar surface area (TPSA) is 66.6 Å². The first-order valence-electron chi connectivity index (χ1n) is 6.00. The lowest BCUT2D eigenvalue weighted by Gasteiger charge is -2.33. The lowest BCUT2D eigenvalue weighted by molar-refractivity contribution is -0.148. The van der Waals surface area contributed by atoms with Crippen LogP contribution < -0.4 is 5.73 Å². The maximum absolute atomic E-state index is 12.8. The Bertz CT molecular complexity index is 489. The van der Waals surface area contributed by atoms with Crippen molar-refractivity contribution >= 4 is 11.8 Å². The maximum atomic E-state index is 12.8. The van der Waals surface area contributed by atoms with Crippen molar-refractivity contribution < 1.29 is 14.0 Å². The normalized spacial score (nSPS) is 17.8. The van der Waals surface area contributed by atoms with Gasteiger partial charge in [-0.3, -0.25) is 9.59 Å². The molecule has 1 aromatic carbocycles. The average Bonchev–Trinajstić information content (AvgIpc) is 2.36. The Balaban J connectivity index is 2.02. The number of nitrogens with zero attached hydrogens (tertiary/aromatic N) is 2. The number of halogens is 1. The van der Waals surface area contributed by atoms with Crippen LogP contribution in [0.3, 0.4) is 0 Å². The van der Waals surface area contributed by atoms with Gasteiger partial charge in [0.1, 0.15) is 5.82 Å². The second-order valence-electron chi connectivity index (χ2n) is 4.68. The number of nitrogens with two attached hydrogens (primary N) is 1. The second-order valence-corrected chi connectivity index (χ2v) is 4.68. The molecule has 1 aliphatic heterocycles. The number of amides is 2. The van der Waals surface area contributed by atoms with Gasteiger partial charge >= 0.3 is 0 Å². The van der Waals surface area contributed by atoms with Crippen molar-refractivity contribution in [2.24, 2.45) is 5.73 Å². The highest BCUT2D eigenvalue weighted by Gasteiger charge is 2.28. The number of benzene rings is 1. The first kappa shape index (κ1) is 13.5. The molecule has 0 aliphatic carbocycles. The zero-order valence-electron chi connectivity index (χ0n) is 10.7. The summed E-state index contributed by atoms with van der Waals surface area (Å²) in [4.78, 5) is 26.2. The molecule has 1 heterocycles. The third-order valence-corrected chi connectivity index (χ3v) is 3.19. The molecule has 1 aromatic rings. The van der Waals surface area contributed by atoms with E-state index >= 15 is 0 Å². The number of rotatable bonds is 3. The van der Waals surface area contributed by atoms with Crippen molar-refractivity contribution in [2.75, 3.05) is 26.7 Å². The van der Waals surface area contributed by atoms with E-state index in [9.17, 15) is 14.0 Å². The van der Waals surface area contributed by atoms with Crippen molar-refractivity contribution in [3.8, 4) is 0 Å². The smallest absolute Gasteiger partial charge is 0.242 e. The fourth-order valence-corrected chi connectivity index (χ4v) is 1.98. The zero-order valence-corrected chi connectivity index (χ0v) is 10.7. The number of piperazine rings is 1. The van der Waals surface area contributed by atoms with Crippen LogP contribution in [0.15, 0.2) is 24.3 Å². The van der Waals surface area contributed by atoms with E-state index in [1.54, 1.807) is 19.2 Å². The third-order valence-electron chi connectivity index (χ3n) is 3.19. The van der Waals surface area contributed by atoms with Gasteiger partial charge in [-0.2, -0.15) is 0 Å². The zero-order chi connectivity index (χ0) is 14.0. The van der Waals surface area contributed by atoms with Crippen molar-refractivity contribution in [1.29, 1.82) is 0 Å². The van der Waals surface area contributed by atoms with Crippen molar-refractivity contribution in [1.82, 2.24) is 9.80 Å². The Morgan fingerprint density at radius 1 is 1.21 bits per heavy atom. The monoisotopic (exact) mass is 265 g/mol. The number of likely N-dealkylation sites (N-methyl/N-ethyl adjacent to an activating group) is 1. The number of hydrogen-bond donors (Lipinski definition) is 1. The highest BCUT2D eigenvalue weighted by atomic mass is 19.1. The average molecular weight is 265 g/mol. The third kappa shape index (κ3) is 3.08. The predicted molar refractivity (Wildman–Crippen MR) is 67.5 cm³/mol. The Hall–Kier alpha value is -1.95. The molecule has 1 atom stereocenters. The van der Waals surface area contributed by atoms with E-state index in [2.05, 4.69) is 0 Å². The van der Waals surface area contributed by atoms with Crippen LogP contribution in [0.1, 0.15) is 11.6 Å². The van der Waals surface area contributed by atoms with Gasteiger partial charge in [0.15, 0.2) is 0 Å². The molecule has 1 saturated heterocycles. The van der Waals surface area contributed by atoms with Crippen LogP contribution >= 0.6 is 0 Å². The van der Waals surface area contributed by atoms with Gasteiger partial charge in [-0.25, -0.2) is 4.39 Å². The highest BCUT2D eigenvalue weighted by Crippen LogP contribution is 2.14. The quantitative estimate of drug-likeness (QED) is 0.844. The molecule has 5 nitrogen and oxygen atoms in total. The van der Waals surface area contributed by atoms with Crippen molar-refractivity contribution in [2.45, 2.75) is 6.04 Å². The van der Waals surface area contributed by atoms with E-state index in [0.717, 1.165) is 5.56 Å². The molecule has 0 aromatic heterocycles. The number of hydrogen-bond acceptors (Lipinski definition) is 3. The number of carbonyl (C=O) groups is 2. The molecule has 0 spiro atoms. The summed E-state index contributed by atoms with van der Waals surface area (Å²) >= 11 is 0. The molecule has 0 saturated carbocycles. The minimum atomic E-state index is -0.430. The van der Waals surface area contributed by atoms with E-state index in [-0.39, 0.29) is 37.3 Å². The van der Waals surface area contributed by atoms with Gasteiger partial charge in [-0.05, 0) is 17.7 Å². The fourth-order valence-electron chi connectivity index (χ4n) is 1.98. The molecule has 0 bridgehead atoms. The molecule has 1 fully saturated rings. The Morgan fingerprint density at radius 2 is 1.84 bits per heavy atom. The van der Waals surface area contributed by atoms with E-state index in [4.69, 9.17) is 5.73 Å². The Labute approximate surface area is 110 Å². The molecular formula is C13H16FN3O2. The van der Waals surface area contributed by atoms with Gasteiger partial charge in [-0.15, -0.1) is 0 Å². The minimum absolute atomic E-state index is 0.0459. The van der Waals surface area contributed by atoms with Crippen molar-refractivity contribution in [3.05, 3.63) is 35.6 Å². The van der Waals surface area contributed by atoms with Crippen molar-refractivity contribution in [3.63, 3.8) is 0 Å². The largest absolute Gasteiger partial charge is 0.335 e. The molecule has 19 heavy (non-hydrogen) atoms. The fraction of sp³-hybridized carbons (Fsp3) is 0.385. The molecule has 6 heteroatoms. The molecule has 2 amide bonds. The molecule has 1 unspecified atom stereocenters. The summed E-state index contributed by atoms with van der Waals surface area (Å²) < 4.78 is 12.8. The van der Waals surface area contributed by atoms with Crippen LogP contribution in [0.5, 0.6) is 0 Å². The van der Waals surface area contributed by atoms with E-state index in [0.29, 0.717) is 0 Å². The molecular weight excluding hydrogens is 249 g/mol. The van der Waals surface area contributed by atoms with Crippen LogP contribution in [0.4, 0.5) is 4.39 Å². The molecule has 2 N–H and O–H groups in total. The van der Waals surface area contributed by atoms with Crippen LogP contribution in [0.2, 0.25) is 0 Å². The summed E-state index contributed by atoms with van der Waals surface area (Å²) in [5, 5.41) is 0. The maximum Gasteiger partial charge on any atom is 0.242 e.